The van der Waals surface area contributed by atoms with E-state index in [1.165, 1.54) is 6.26 Å². The summed E-state index contributed by atoms with van der Waals surface area (Å²) in [5.41, 5.74) is 0.863. The van der Waals surface area contributed by atoms with E-state index in [9.17, 15) is 9.59 Å². The van der Waals surface area contributed by atoms with Gasteiger partial charge in [-0.2, -0.15) is 0 Å². The molecule has 0 saturated heterocycles. The highest BCUT2D eigenvalue weighted by atomic mass is 16.5. The molecule has 1 aliphatic rings. The predicted octanol–water partition coefficient (Wildman–Crippen LogP) is 1.92. The van der Waals surface area contributed by atoms with Crippen LogP contribution in [0.3, 0.4) is 0 Å². The third-order valence-corrected chi connectivity index (χ3v) is 2.39. The fourth-order valence-electron chi connectivity index (χ4n) is 1.74. The summed E-state index contributed by atoms with van der Waals surface area (Å²) >= 11 is 0. The first-order valence-corrected chi connectivity index (χ1v) is 4.50. The number of esters is 1. The first-order chi connectivity index (χ1) is 7.25. The monoisotopic (exact) mass is 202 g/mol. The Morgan fingerprint density at radius 1 is 1.13 bits per heavy atom. The minimum Gasteiger partial charge on any atom is -0.463 e. The van der Waals surface area contributed by atoms with Gasteiger partial charge in [0, 0.05) is 5.39 Å². The van der Waals surface area contributed by atoms with Gasteiger partial charge in [-0.15, -0.1) is 0 Å². The number of Topliss-reactive ketones (excluding diaryl/α,β-unsaturated/α-hetero) is 1. The van der Waals surface area contributed by atoms with Crippen LogP contribution in [0.1, 0.15) is 16.8 Å². The van der Waals surface area contributed by atoms with E-state index in [4.69, 9.17) is 9.15 Å². The van der Waals surface area contributed by atoms with E-state index in [-0.39, 0.29) is 12.2 Å². The van der Waals surface area contributed by atoms with E-state index >= 15 is 0 Å². The maximum Gasteiger partial charge on any atom is 0.319 e. The summed E-state index contributed by atoms with van der Waals surface area (Å²) < 4.78 is 10.2. The van der Waals surface area contributed by atoms with Crippen molar-refractivity contribution in [3.63, 3.8) is 0 Å². The number of ketones is 1. The molecule has 2 aromatic rings. The van der Waals surface area contributed by atoms with E-state index in [0.717, 1.165) is 5.39 Å². The van der Waals surface area contributed by atoms with Crippen LogP contribution in [0.15, 0.2) is 28.9 Å². The van der Waals surface area contributed by atoms with Crippen LogP contribution in [0.2, 0.25) is 0 Å². The van der Waals surface area contributed by atoms with Crippen LogP contribution in [0, 0.1) is 0 Å². The van der Waals surface area contributed by atoms with Gasteiger partial charge in [-0.1, -0.05) is 0 Å². The number of hydrogen-bond acceptors (Lipinski definition) is 4. The van der Waals surface area contributed by atoms with E-state index < -0.39 is 5.97 Å². The van der Waals surface area contributed by atoms with E-state index in [0.29, 0.717) is 16.9 Å². The zero-order valence-electron chi connectivity index (χ0n) is 7.65. The number of carbonyl (C=O) groups is 2. The summed E-state index contributed by atoms with van der Waals surface area (Å²) in [7, 11) is 0. The second-order valence-electron chi connectivity index (χ2n) is 3.35. The van der Waals surface area contributed by atoms with Crippen molar-refractivity contribution in [1.29, 1.82) is 0 Å². The van der Waals surface area contributed by atoms with Crippen molar-refractivity contribution in [3.8, 4) is 5.75 Å². The molecule has 2 heterocycles. The van der Waals surface area contributed by atoms with Crippen LogP contribution in [0.4, 0.5) is 0 Å². The lowest BCUT2D eigenvalue weighted by molar-refractivity contribution is -0.133. The molecule has 0 atom stereocenters. The van der Waals surface area contributed by atoms with E-state index in [1.54, 1.807) is 18.2 Å². The summed E-state index contributed by atoms with van der Waals surface area (Å²) in [6, 6.07) is 5.13. The summed E-state index contributed by atoms with van der Waals surface area (Å²) in [5, 5.41) is 0.833. The van der Waals surface area contributed by atoms with Gasteiger partial charge in [-0.05, 0) is 18.2 Å². The third-order valence-electron chi connectivity index (χ3n) is 2.39. The molecule has 1 aromatic carbocycles. The lowest BCUT2D eigenvalue weighted by Crippen LogP contribution is -2.21. The highest BCUT2D eigenvalue weighted by Crippen LogP contribution is 2.32. The highest BCUT2D eigenvalue weighted by molar-refractivity contribution is 6.16. The molecule has 0 unspecified atom stereocenters. The average molecular weight is 202 g/mol. The Bertz CT molecular complexity index is 579. The van der Waals surface area contributed by atoms with Crippen molar-refractivity contribution in [2.75, 3.05) is 0 Å². The zero-order chi connectivity index (χ0) is 10.4. The quantitative estimate of drug-likeness (QED) is 0.372. The molecule has 0 aliphatic carbocycles. The summed E-state index contributed by atoms with van der Waals surface area (Å²) in [4.78, 5) is 22.7. The Kier molecular flexibility index (Phi) is 1.48. The number of carbonyl (C=O) groups excluding carboxylic acids is 2. The number of fused-ring (bicyclic) bond motifs is 3. The van der Waals surface area contributed by atoms with Gasteiger partial charge in [-0.3, -0.25) is 9.59 Å². The predicted molar refractivity (Wildman–Crippen MR) is 50.8 cm³/mol. The lowest BCUT2D eigenvalue weighted by Gasteiger charge is -2.13. The summed E-state index contributed by atoms with van der Waals surface area (Å²) in [5.74, 6) is -0.473. The van der Waals surface area contributed by atoms with Crippen LogP contribution in [-0.4, -0.2) is 11.8 Å². The Morgan fingerprint density at radius 2 is 2.00 bits per heavy atom. The molecule has 0 fully saturated rings. The molecule has 4 heteroatoms. The van der Waals surface area contributed by atoms with Crippen LogP contribution in [0.5, 0.6) is 5.75 Å². The fourth-order valence-corrected chi connectivity index (χ4v) is 1.74. The molecule has 74 valence electrons. The maximum absolute atomic E-state index is 11.6. The number of rotatable bonds is 0. The van der Waals surface area contributed by atoms with Gasteiger partial charge in [0.15, 0.2) is 5.78 Å². The van der Waals surface area contributed by atoms with Crippen LogP contribution in [0.25, 0.3) is 11.0 Å². The number of benzene rings is 1. The second kappa shape index (κ2) is 2.70. The molecule has 1 aliphatic heterocycles. The number of furan rings is 1. The van der Waals surface area contributed by atoms with Crippen molar-refractivity contribution >= 4 is 22.7 Å². The molecule has 4 nitrogen and oxygen atoms in total. The molecule has 0 bridgehead atoms. The van der Waals surface area contributed by atoms with Gasteiger partial charge in [0.1, 0.15) is 23.3 Å². The Morgan fingerprint density at radius 3 is 2.87 bits per heavy atom. The number of hydrogen-bond donors (Lipinski definition) is 0. The largest absolute Gasteiger partial charge is 0.463 e. The normalized spacial score (nSPS) is 15.2. The van der Waals surface area contributed by atoms with Crippen LogP contribution in [-0.2, 0) is 4.79 Å². The second-order valence-corrected chi connectivity index (χ2v) is 3.35. The van der Waals surface area contributed by atoms with E-state index in [1.807, 2.05) is 0 Å². The summed E-state index contributed by atoms with van der Waals surface area (Å²) in [6.07, 6.45) is 1.29. The zero-order valence-corrected chi connectivity index (χ0v) is 7.65. The van der Waals surface area contributed by atoms with Gasteiger partial charge in [0.05, 0.1) is 6.26 Å². The standard InChI is InChI=1S/C11H6O4/c12-7-5-9(13)15-8-2-1-6-3-4-14-11(6)10(7)8/h1-4H,5H2. The van der Waals surface area contributed by atoms with Gasteiger partial charge < -0.3 is 9.15 Å². The molecular formula is C11H6O4. The molecular weight excluding hydrogens is 196 g/mol. The molecule has 3 rings (SSSR count). The van der Waals surface area contributed by atoms with Gasteiger partial charge in [0.25, 0.3) is 0 Å². The van der Waals surface area contributed by atoms with Crippen molar-refractivity contribution in [2.45, 2.75) is 6.42 Å². The highest BCUT2D eigenvalue weighted by Gasteiger charge is 2.28. The SMILES string of the molecule is O=C1CC(=O)c2c(ccc3ccoc23)O1. The van der Waals surface area contributed by atoms with Gasteiger partial charge >= 0.3 is 5.97 Å². The van der Waals surface area contributed by atoms with Gasteiger partial charge in [-0.25, -0.2) is 0 Å². The van der Waals surface area contributed by atoms with Crippen molar-refractivity contribution in [3.05, 3.63) is 30.0 Å². The van der Waals surface area contributed by atoms with Crippen LogP contribution < -0.4 is 4.74 Å². The molecule has 0 radical (unpaired) electrons. The van der Waals surface area contributed by atoms with E-state index in [2.05, 4.69) is 0 Å². The first-order valence-electron chi connectivity index (χ1n) is 4.50. The molecule has 1 aromatic heterocycles. The maximum atomic E-state index is 11.6. The molecule has 0 amide bonds. The first kappa shape index (κ1) is 8.23. The molecule has 15 heavy (non-hydrogen) atoms. The summed E-state index contributed by atoms with van der Waals surface area (Å²) in [6.45, 7) is 0. The minimum atomic E-state index is -0.515. The minimum absolute atomic E-state index is 0.215. The average Bonchev–Trinajstić information content (AvgIpc) is 2.63. The smallest absolute Gasteiger partial charge is 0.319 e. The lowest BCUT2D eigenvalue weighted by atomic mass is 10.0. The molecule has 0 spiro atoms. The topological polar surface area (TPSA) is 56.5 Å². The van der Waals surface area contributed by atoms with Crippen LogP contribution >= 0.6 is 0 Å². The van der Waals surface area contributed by atoms with Crippen molar-refractivity contribution in [1.82, 2.24) is 0 Å². The Labute approximate surface area is 84.4 Å². The van der Waals surface area contributed by atoms with Crippen molar-refractivity contribution < 1.29 is 18.7 Å². The van der Waals surface area contributed by atoms with Crippen molar-refractivity contribution in [2.24, 2.45) is 0 Å². The Balaban J connectivity index is 2.37. The third kappa shape index (κ3) is 1.08. The van der Waals surface area contributed by atoms with Gasteiger partial charge in [0.2, 0.25) is 0 Å². The Hall–Kier alpha value is -2.10. The fraction of sp³-hybridized carbons (Fsp3) is 0.0909. The molecule has 0 saturated carbocycles. The molecule has 0 N–H and O–H groups in total. The number of ether oxygens (including phenoxy) is 1.